The van der Waals surface area contributed by atoms with Crippen LogP contribution in [-0.4, -0.2) is 18.8 Å². The fourth-order valence-corrected chi connectivity index (χ4v) is 2.45. The molecule has 2 N–H and O–H groups in total. The van der Waals surface area contributed by atoms with Crippen LogP contribution in [0.15, 0.2) is 48.5 Å². The second-order valence-corrected chi connectivity index (χ2v) is 7.09. The van der Waals surface area contributed by atoms with Crippen molar-refractivity contribution < 1.29 is 14.3 Å². The van der Waals surface area contributed by atoms with Gasteiger partial charge in [-0.15, -0.1) is 0 Å². The summed E-state index contributed by atoms with van der Waals surface area (Å²) in [5.41, 5.74) is 2.86. The molecule has 2 aromatic carbocycles. The van der Waals surface area contributed by atoms with Crippen LogP contribution >= 0.6 is 0 Å². The molecule has 0 saturated heterocycles. The Morgan fingerprint density at radius 3 is 2.15 bits per heavy atom. The Labute approximate surface area is 155 Å². The third kappa shape index (κ3) is 6.76. The quantitative estimate of drug-likeness (QED) is 0.787. The first-order chi connectivity index (χ1) is 12.4. The lowest BCUT2D eigenvalue weighted by molar-refractivity contribution is 0.0523. The third-order valence-electron chi connectivity index (χ3n) is 3.70. The summed E-state index contributed by atoms with van der Waals surface area (Å²) in [5, 5.41) is 6.18. The number of methoxy groups -OCH3 is 1. The number of ether oxygens (including phenoxy) is 2. The summed E-state index contributed by atoms with van der Waals surface area (Å²) in [5.74, 6) is 0.892. The second-order valence-electron chi connectivity index (χ2n) is 7.09. The van der Waals surface area contributed by atoms with Gasteiger partial charge in [0.15, 0.2) is 0 Å². The summed E-state index contributed by atoms with van der Waals surface area (Å²) in [7, 11) is 1.68. The minimum atomic E-state index is -0.485. The minimum absolute atomic E-state index is 0.403. The van der Waals surface area contributed by atoms with Gasteiger partial charge in [0.05, 0.1) is 7.11 Å². The predicted molar refractivity (Wildman–Crippen MR) is 103 cm³/mol. The van der Waals surface area contributed by atoms with E-state index in [1.807, 2.05) is 51.1 Å². The van der Waals surface area contributed by atoms with Crippen molar-refractivity contribution in [2.45, 2.75) is 46.0 Å². The molecule has 0 saturated carbocycles. The van der Waals surface area contributed by atoms with E-state index in [1.54, 1.807) is 7.11 Å². The molecular formula is C21H28N2O3. The number of alkyl carbamates (subject to hydrolysis) is 1. The average molecular weight is 356 g/mol. The molecule has 1 amide bonds. The molecule has 0 spiro atoms. The highest BCUT2D eigenvalue weighted by Gasteiger charge is 2.15. The Morgan fingerprint density at radius 1 is 0.923 bits per heavy atom. The molecule has 0 bridgehead atoms. The fourth-order valence-electron chi connectivity index (χ4n) is 2.45. The van der Waals surface area contributed by atoms with Crippen LogP contribution in [0.4, 0.5) is 4.79 Å². The Balaban J connectivity index is 1.78. The number of rotatable bonds is 7. The van der Waals surface area contributed by atoms with E-state index in [9.17, 15) is 4.79 Å². The van der Waals surface area contributed by atoms with E-state index in [1.165, 1.54) is 5.56 Å². The van der Waals surface area contributed by atoms with Crippen molar-refractivity contribution in [3.05, 3.63) is 65.2 Å². The van der Waals surface area contributed by atoms with Gasteiger partial charge in [0, 0.05) is 25.2 Å². The van der Waals surface area contributed by atoms with E-state index < -0.39 is 11.7 Å². The standard InChI is InChI=1S/C21H28N2O3/c1-21(2,3)26-20(24)23-14-17-11-9-16(10-12-17)13-22-15-18-7-5-6-8-19(18)25-4/h5-12,22H,13-15H2,1-4H3,(H,23,24). The smallest absolute Gasteiger partial charge is 0.407 e. The summed E-state index contributed by atoms with van der Waals surface area (Å²) >= 11 is 0. The predicted octanol–water partition coefficient (Wildman–Crippen LogP) is 4.01. The molecule has 0 aliphatic heterocycles. The molecule has 26 heavy (non-hydrogen) atoms. The van der Waals surface area contributed by atoms with Gasteiger partial charge in [-0.05, 0) is 38.0 Å². The summed E-state index contributed by atoms with van der Waals surface area (Å²) < 4.78 is 10.6. The highest BCUT2D eigenvalue weighted by Crippen LogP contribution is 2.17. The maximum Gasteiger partial charge on any atom is 0.407 e. The largest absolute Gasteiger partial charge is 0.496 e. The maximum atomic E-state index is 11.7. The van der Waals surface area contributed by atoms with Crippen molar-refractivity contribution in [2.75, 3.05) is 7.11 Å². The molecule has 5 heteroatoms. The van der Waals surface area contributed by atoms with Crippen LogP contribution in [0.2, 0.25) is 0 Å². The molecular weight excluding hydrogens is 328 g/mol. The van der Waals surface area contributed by atoms with Crippen LogP contribution in [-0.2, 0) is 24.4 Å². The van der Waals surface area contributed by atoms with Crippen molar-refractivity contribution in [3.8, 4) is 5.75 Å². The van der Waals surface area contributed by atoms with E-state index in [4.69, 9.17) is 9.47 Å². The molecule has 0 aromatic heterocycles. The number of nitrogens with one attached hydrogen (secondary N) is 2. The molecule has 0 aliphatic rings. The minimum Gasteiger partial charge on any atom is -0.496 e. The highest BCUT2D eigenvalue weighted by atomic mass is 16.6. The third-order valence-corrected chi connectivity index (χ3v) is 3.70. The van der Waals surface area contributed by atoms with Crippen molar-refractivity contribution in [1.82, 2.24) is 10.6 Å². The van der Waals surface area contributed by atoms with Gasteiger partial charge in [-0.25, -0.2) is 4.79 Å². The molecule has 0 aliphatic carbocycles. The lowest BCUT2D eigenvalue weighted by Crippen LogP contribution is -2.32. The molecule has 140 valence electrons. The van der Waals surface area contributed by atoms with Gasteiger partial charge in [-0.2, -0.15) is 0 Å². The van der Waals surface area contributed by atoms with Gasteiger partial charge in [-0.3, -0.25) is 0 Å². The van der Waals surface area contributed by atoms with Crippen LogP contribution in [0.3, 0.4) is 0 Å². The van der Waals surface area contributed by atoms with Gasteiger partial charge < -0.3 is 20.1 Å². The summed E-state index contributed by atoms with van der Waals surface area (Å²) in [4.78, 5) is 11.7. The van der Waals surface area contributed by atoms with Crippen molar-refractivity contribution >= 4 is 6.09 Å². The zero-order valence-corrected chi connectivity index (χ0v) is 16.0. The molecule has 0 fully saturated rings. The molecule has 2 aromatic rings. The highest BCUT2D eigenvalue weighted by molar-refractivity contribution is 5.67. The van der Waals surface area contributed by atoms with Gasteiger partial charge in [-0.1, -0.05) is 42.5 Å². The lowest BCUT2D eigenvalue weighted by atomic mass is 10.1. The normalized spacial score (nSPS) is 11.1. The van der Waals surface area contributed by atoms with E-state index >= 15 is 0 Å². The van der Waals surface area contributed by atoms with Gasteiger partial charge in [0.1, 0.15) is 11.4 Å². The van der Waals surface area contributed by atoms with Crippen LogP contribution in [0.25, 0.3) is 0 Å². The number of carbonyl (C=O) groups excluding carboxylic acids is 1. The lowest BCUT2D eigenvalue weighted by Gasteiger charge is -2.19. The van der Waals surface area contributed by atoms with Crippen molar-refractivity contribution in [2.24, 2.45) is 0 Å². The molecule has 2 rings (SSSR count). The van der Waals surface area contributed by atoms with Crippen LogP contribution in [0.5, 0.6) is 5.75 Å². The summed E-state index contributed by atoms with van der Waals surface area (Å²) in [6.07, 6.45) is -0.403. The maximum absolute atomic E-state index is 11.7. The van der Waals surface area contributed by atoms with Crippen LogP contribution in [0, 0.1) is 0 Å². The first-order valence-electron chi connectivity index (χ1n) is 8.74. The molecule has 5 nitrogen and oxygen atoms in total. The zero-order chi connectivity index (χ0) is 19.0. The number of hydrogen-bond donors (Lipinski definition) is 2. The van der Waals surface area contributed by atoms with E-state index in [-0.39, 0.29) is 0 Å². The topological polar surface area (TPSA) is 59.6 Å². The SMILES string of the molecule is COc1ccccc1CNCc1ccc(CNC(=O)OC(C)(C)C)cc1. The van der Waals surface area contributed by atoms with Crippen LogP contribution < -0.4 is 15.4 Å². The Morgan fingerprint density at radius 2 is 1.54 bits per heavy atom. The van der Waals surface area contributed by atoms with E-state index in [0.29, 0.717) is 6.54 Å². The second kappa shape index (κ2) is 9.25. The van der Waals surface area contributed by atoms with Crippen LogP contribution in [0.1, 0.15) is 37.5 Å². The monoisotopic (exact) mass is 356 g/mol. The molecule has 0 radical (unpaired) electrons. The Hall–Kier alpha value is -2.53. The zero-order valence-electron chi connectivity index (χ0n) is 16.0. The van der Waals surface area contributed by atoms with Crippen molar-refractivity contribution in [1.29, 1.82) is 0 Å². The van der Waals surface area contributed by atoms with Gasteiger partial charge >= 0.3 is 6.09 Å². The van der Waals surface area contributed by atoms with Gasteiger partial charge in [0.2, 0.25) is 0 Å². The number of carbonyl (C=O) groups is 1. The number of amides is 1. The van der Waals surface area contributed by atoms with E-state index in [0.717, 1.165) is 30.0 Å². The average Bonchev–Trinajstić information content (AvgIpc) is 2.60. The van der Waals surface area contributed by atoms with Crippen molar-refractivity contribution in [3.63, 3.8) is 0 Å². The number of para-hydroxylation sites is 1. The Kier molecular flexibility index (Phi) is 7.04. The number of benzene rings is 2. The fraction of sp³-hybridized carbons (Fsp3) is 0.381. The van der Waals surface area contributed by atoms with E-state index in [2.05, 4.69) is 28.8 Å². The molecule has 0 atom stereocenters. The molecule has 0 heterocycles. The first kappa shape index (κ1) is 19.8. The Bertz CT molecular complexity index is 706. The molecule has 0 unspecified atom stereocenters. The summed E-state index contributed by atoms with van der Waals surface area (Å²) in [6, 6.07) is 16.1. The first-order valence-corrected chi connectivity index (χ1v) is 8.74. The van der Waals surface area contributed by atoms with Gasteiger partial charge in [0.25, 0.3) is 0 Å². The summed E-state index contributed by atoms with van der Waals surface area (Å²) in [6.45, 7) is 7.49. The number of hydrogen-bond acceptors (Lipinski definition) is 4.